The van der Waals surface area contributed by atoms with E-state index in [2.05, 4.69) is 51.4 Å². The molecule has 1 amide bonds. The van der Waals surface area contributed by atoms with E-state index in [1.807, 2.05) is 67.0 Å². The Hall–Kier alpha value is -3.73. The number of nitrogens with one attached hydrogen (secondary N) is 1. The molecule has 0 spiro atoms. The van der Waals surface area contributed by atoms with Gasteiger partial charge >= 0.3 is 0 Å². The Labute approximate surface area is 183 Å². The summed E-state index contributed by atoms with van der Waals surface area (Å²) in [5, 5.41) is 3.30. The summed E-state index contributed by atoms with van der Waals surface area (Å²) in [4.78, 5) is 23.3. The number of amides is 1. The standard InChI is InChI=1S/C26H26N4O/c1-20(30(23-12-8-16-27-18-23)24-13-9-17-28-19-24)26(29-21(2)31)15-7-6-14-25(26)22-10-4-3-5-11-22/h3-20,25H,1-2H3,(H,29,31). The molecule has 31 heavy (non-hydrogen) atoms. The maximum Gasteiger partial charge on any atom is 0.217 e. The fraction of sp³-hybridized carbons (Fsp3) is 0.192. The number of anilines is 2. The van der Waals surface area contributed by atoms with Crippen LogP contribution in [0.3, 0.4) is 0 Å². The summed E-state index contributed by atoms with van der Waals surface area (Å²) in [6.07, 6.45) is 15.5. The van der Waals surface area contributed by atoms with E-state index >= 15 is 0 Å². The van der Waals surface area contributed by atoms with Crippen molar-refractivity contribution in [1.29, 1.82) is 0 Å². The van der Waals surface area contributed by atoms with Crippen LogP contribution in [0.2, 0.25) is 0 Å². The third-order valence-corrected chi connectivity index (χ3v) is 5.78. The molecule has 0 saturated carbocycles. The van der Waals surface area contributed by atoms with E-state index in [1.54, 1.807) is 19.3 Å². The molecule has 2 aromatic heterocycles. The van der Waals surface area contributed by atoms with Crippen LogP contribution in [0.25, 0.3) is 0 Å². The van der Waals surface area contributed by atoms with Crippen LogP contribution in [0.5, 0.6) is 0 Å². The molecule has 0 aliphatic heterocycles. The fourth-order valence-corrected chi connectivity index (χ4v) is 4.43. The highest BCUT2D eigenvalue weighted by Gasteiger charge is 2.46. The molecule has 4 rings (SSSR count). The average molecular weight is 411 g/mol. The summed E-state index contributed by atoms with van der Waals surface area (Å²) in [7, 11) is 0. The zero-order valence-corrected chi connectivity index (χ0v) is 17.7. The molecule has 2 heterocycles. The molecular formula is C26H26N4O. The monoisotopic (exact) mass is 410 g/mol. The van der Waals surface area contributed by atoms with Crippen LogP contribution in [0, 0.1) is 0 Å². The third-order valence-electron chi connectivity index (χ3n) is 5.78. The molecule has 3 atom stereocenters. The summed E-state index contributed by atoms with van der Waals surface area (Å²) in [6, 6.07) is 18.0. The first-order valence-electron chi connectivity index (χ1n) is 10.4. The van der Waals surface area contributed by atoms with Gasteiger partial charge in [0.2, 0.25) is 5.91 Å². The summed E-state index contributed by atoms with van der Waals surface area (Å²) >= 11 is 0. The Bertz CT molecular complexity index is 1030. The average Bonchev–Trinajstić information content (AvgIpc) is 2.81. The van der Waals surface area contributed by atoms with Gasteiger partial charge in [-0.25, -0.2) is 0 Å². The zero-order valence-electron chi connectivity index (χ0n) is 17.7. The lowest BCUT2D eigenvalue weighted by Gasteiger charge is -2.48. The molecule has 1 aliphatic rings. The van der Waals surface area contributed by atoms with Gasteiger partial charge in [-0.05, 0) is 36.8 Å². The van der Waals surface area contributed by atoms with Crippen LogP contribution < -0.4 is 10.2 Å². The number of rotatable bonds is 6. The number of nitrogens with zero attached hydrogens (tertiary/aromatic N) is 3. The van der Waals surface area contributed by atoms with E-state index in [9.17, 15) is 4.79 Å². The second kappa shape index (κ2) is 8.96. The van der Waals surface area contributed by atoms with E-state index in [4.69, 9.17) is 0 Å². The molecule has 3 unspecified atom stereocenters. The van der Waals surface area contributed by atoms with Crippen molar-refractivity contribution < 1.29 is 4.79 Å². The molecule has 5 heteroatoms. The van der Waals surface area contributed by atoms with E-state index in [1.165, 1.54) is 0 Å². The predicted molar refractivity (Wildman–Crippen MR) is 124 cm³/mol. The van der Waals surface area contributed by atoms with Crippen molar-refractivity contribution in [1.82, 2.24) is 15.3 Å². The number of pyridine rings is 2. The lowest BCUT2D eigenvalue weighted by atomic mass is 9.71. The van der Waals surface area contributed by atoms with Gasteiger partial charge in [0.05, 0.1) is 35.3 Å². The highest BCUT2D eigenvalue weighted by atomic mass is 16.1. The number of carbonyl (C=O) groups excluding carboxylic acids is 1. The smallest absolute Gasteiger partial charge is 0.217 e. The van der Waals surface area contributed by atoms with Crippen molar-refractivity contribution in [2.24, 2.45) is 0 Å². The van der Waals surface area contributed by atoms with Crippen molar-refractivity contribution in [3.05, 3.63) is 109 Å². The van der Waals surface area contributed by atoms with Crippen LogP contribution in [0.15, 0.2) is 104 Å². The Morgan fingerprint density at radius 2 is 1.61 bits per heavy atom. The van der Waals surface area contributed by atoms with Gasteiger partial charge in [0.1, 0.15) is 0 Å². The predicted octanol–water partition coefficient (Wildman–Crippen LogP) is 4.79. The Morgan fingerprint density at radius 1 is 0.968 bits per heavy atom. The second-order valence-corrected chi connectivity index (χ2v) is 7.71. The van der Waals surface area contributed by atoms with E-state index in [0.717, 1.165) is 16.9 Å². The number of allylic oxidation sites excluding steroid dienone is 2. The summed E-state index contributed by atoms with van der Waals surface area (Å²) in [5.41, 5.74) is 2.32. The maximum atomic E-state index is 12.5. The minimum Gasteiger partial charge on any atom is -0.344 e. The number of benzene rings is 1. The van der Waals surface area contributed by atoms with E-state index in [-0.39, 0.29) is 17.9 Å². The number of hydrogen-bond acceptors (Lipinski definition) is 4. The van der Waals surface area contributed by atoms with Crippen LogP contribution in [-0.4, -0.2) is 27.5 Å². The highest BCUT2D eigenvalue weighted by molar-refractivity contribution is 5.76. The van der Waals surface area contributed by atoms with Crippen molar-refractivity contribution in [2.45, 2.75) is 31.3 Å². The van der Waals surface area contributed by atoms with Gasteiger partial charge < -0.3 is 10.2 Å². The molecule has 1 N–H and O–H groups in total. The van der Waals surface area contributed by atoms with Crippen LogP contribution in [0.4, 0.5) is 11.4 Å². The highest BCUT2D eigenvalue weighted by Crippen LogP contribution is 2.41. The number of aromatic nitrogens is 2. The van der Waals surface area contributed by atoms with Gasteiger partial charge in [-0.15, -0.1) is 0 Å². The Morgan fingerprint density at radius 3 is 2.16 bits per heavy atom. The quantitative estimate of drug-likeness (QED) is 0.635. The largest absolute Gasteiger partial charge is 0.344 e. The molecule has 0 radical (unpaired) electrons. The Kier molecular flexibility index (Phi) is 5.94. The number of carbonyl (C=O) groups is 1. The van der Waals surface area contributed by atoms with Gasteiger partial charge in [0.15, 0.2) is 0 Å². The molecule has 5 nitrogen and oxygen atoms in total. The van der Waals surface area contributed by atoms with Crippen LogP contribution in [0.1, 0.15) is 25.3 Å². The van der Waals surface area contributed by atoms with E-state index < -0.39 is 5.54 Å². The number of hydrogen-bond donors (Lipinski definition) is 1. The first-order valence-corrected chi connectivity index (χ1v) is 10.4. The molecule has 156 valence electrons. The Balaban J connectivity index is 1.88. The van der Waals surface area contributed by atoms with Gasteiger partial charge in [-0.3, -0.25) is 14.8 Å². The first kappa shape index (κ1) is 20.5. The van der Waals surface area contributed by atoms with Crippen molar-refractivity contribution in [3.63, 3.8) is 0 Å². The molecule has 1 aliphatic carbocycles. The van der Waals surface area contributed by atoms with Gasteiger partial charge in [-0.2, -0.15) is 0 Å². The zero-order chi connectivity index (χ0) is 21.7. The third kappa shape index (κ3) is 4.12. The summed E-state index contributed by atoms with van der Waals surface area (Å²) in [5.74, 6) is -0.126. The normalized spacial score (nSPS) is 20.8. The molecule has 3 aromatic rings. The van der Waals surface area contributed by atoms with Crippen molar-refractivity contribution in [3.8, 4) is 0 Å². The molecule has 1 aromatic carbocycles. The van der Waals surface area contributed by atoms with Crippen LogP contribution >= 0.6 is 0 Å². The molecular weight excluding hydrogens is 384 g/mol. The van der Waals surface area contributed by atoms with Gasteiger partial charge in [0.25, 0.3) is 0 Å². The molecule has 0 bridgehead atoms. The lowest BCUT2D eigenvalue weighted by molar-refractivity contribution is -0.120. The fourth-order valence-electron chi connectivity index (χ4n) is 4.43. The second-order valence-electron chi connectivity index (χ2n) is 7.71. The summed E-state index contributed by atoms with van der Waals surface area (Å²) < 4.78 is 0. The van der Waals surface area contributed by atoms with E-state index in [0.29, 0.717) is 0 Å². The van der Waals surface area contributed by atoms with Crippen molar-refractivity contribution >= 4 is 17.3 Å². The topological polar surface area (TPSA) is 58.1 Å². The maximum absolute atomic E-state index is 12.5. The summed E-state index contributed by atoms with van der Waals surface area (Å²) in [6.45, 7) is 3.70. The lowest BCUT2D eigenvalue weighted by Crippen LogP contribution is -2.62. The van der Waals surface area contributed by atoms with Gasteiger partial charge in [0, 0.05) is 25.2 Å². The minimum atomic E-state index is -0.687. The van der Waals surface area contributed by atoms with Crippen LogP contribution in [-0.2, 0) is 4.79 Å². The minimum absolute atomic E-state index is 0.0477. The van der Waals surface area contributed by atoms with Crippen molar-refractivity contribution in [2.75, 3.05) is 4.90 Å². The molecule has 0 saturated heterocycles. The first-order chi connectivity index (χ1) is 15.1. The molecule has 0 fully saturated rings. The SMILES string of the molecule is CC(=O)NC1(C(C)N(c2cccnc2)c2cccnc2)C=CC=CC1c1ccccc1. The van der Waals surface area contributed by atoms with Gasteiger partial charge in [-0.1, -0.05) is 54.6 Å².